The van der Waals surface area contributed by atoms with Gasteiger partial charge in [-0.3, -0.25) is 4.79 Å². The summed E-state index contributed by atoms with van der Waals surface area (Å²) >= 11 is 0. The first kappa shape index (κ1) is 12.6. The third-order valence-electron chi connectivity index (χ3n) is 1.84. The van der Waals surface area contributed by atoms with Crippen molar-refractivity contribution < 1.29 is 23.0 Å². The summed E-state index contributed by atoms with van der Waals surface area (Å²) in [6.45, 7) is -0.945. The molecule has 0 amide bonds. The van der Waals surface area contributed by atoms with Crippen LogP contribution in [0.1, 0.15) is 17.3 Å². The second kappa shape index (κ2) is 6.17. The number of benzene rings is 1. The van der Waals surface area contributed by atoms with Crippen LogP contribution < -0.4 is 4.74 Å². The molecule has 1 rings (SSSR count). The maximum absolute atomic E-state index is 12.1. The molecule has 16 heavy (non-hydrogen) atoms. The Morgan fingerprint density at radius 1 is 1.38 bits per heavy atom. The zero-order chi connectivity index (χ0) is 12.0. The van der Waals surface area contributed by atoms with Crippen LogP contribution in [0.15, 0.2) is 24.3 Å². The summed E-state index contributed by atoms with van der Waals surface area (Å²) in [5.74, 6) is -0.500. The number of carbonyl (C=O) groups excluding carboxylic acids is 1. The molecule has 88 valence electrons. The van der Waals surface area contributed by atoms with Crippen molar-refractivity contribution in [2.75, 3.05) is 13.2 Å². The van der Waals surface area contributed by atoms with Gasteiger partial charge in [0.1, 0.15) is 12.4 Å². The largest absolute Gasteiger partial charge is 0.434 e. The summed E-state index contributed by atoms with van der Waals surface area (Å²) in [5.41, 5.74) is 0.108. The topological polar surface area (TPSA) is 35.5 Å². The maximum atomic E-state index is 12.1. The molecule has 1 aromatic rings. The van der Waals surface area contributed by atoms with E-state index < -0.39 is 6.61 Å². The Balaban J connectivity index is 2.81. The van der Waals surface area contributed by atoms with Crippen LogP contribution >= 0.6 is 0 Å². The summed E-state index contributed by atoms with van der Waals surface area (Å²) < 4.78 is 33.3. The van der Waals surface area contributed by atoms with E-state index in [2.05, 4.69) is 4.74 Å². The van der Waals surface area contributed by atoms with Gasteiger partial charge in [-0.1, -0.05) is 12.1 Å². The van der Waals surface area contributed by atoms with Gasteiger partial charge >= 0.3 is 6.61 Å². The van der Waals surface area contributed by atoms with Crippen molar-refractivity contribution in [3.63, 3.8) is 0 Å². The van der Waals surface area contributed by atoms with Crippen LogP contribution in [0.2, 0.25) is 0 Å². The molecular weight excluding hydrogens is 218 g/mol. The van der Waals surface area contributed by atoms with Crippen molar-refractivity contribution in [3.8, 4) is 5.75 Å². The minimum Gasteiger partial charge on any atom is -0.434 e. The molecule has 0 saturated heterocycles. The first-order valence-corrected chi connectivity index (χ1v) is 4.80. The lowest BCUT2D eigenvalue weighted by Crippen LogP contribution is -2.12. The number of ether oxygens (including phenoxy) is 2. The van der Waals surface area contributed by atoms with E-state index >= 15 is 0 Å². The predicted molar refractivity (Wildman–Crippen MR) is 53.9 cm³/mol. The molecule has 3 nitrogen and oxygen atoms in total. The Hall–Kier alpha value is -1.49. The fourth-order valence-corrected chi connectivity index (χ4v) is 1.17. The van der Waals surface area contributed by atoms with Crippen LogP contribution in [0.4, 0.5) is 8.78 Å². The Labute approximate surface area is 92.0 Å². The summed E-state index contributed by atoms with van der Waals surface area (Å²) in [7, 11) is 0. The Kier molecular flexibility index (Phi) is 4.85. The molecule has 5 heteroatoms. The molecule has 0 saturated carbocycles. The number of carbonyl (C=O) groups is 1. The molecule has 0 N–H and O–H groups in total. The van der Waals surface area contributed by atoms with Gasteiger partial charge in [0.05, 0.1) is 5.56 Å². The molecule has 0 unspecified atom stereocenters. The molecule has 0 spiro atoms. The van der Waals surface area contributed by atoms with Gasteiger partial charge < -0.3 is 9.47 Å². The third-order valence-corrected chi connectivity index (χ3v) is 1.84. The van der Waals surface area contributed by atoms with Crippen LogP contribution in [0.5, 0.6) is 5.75 Å². The van der Waals surface area contributed by atoms with E-state index in [4.69, 9.17) is 4.74 Å². The molecule has 0 aliphatic carbocycles. The van der Waals surface area contributed by atoms with Crippen molar-refractivity contribution in [3.05, 3.63) is 29.8 Å². The van der Waals surface area contributed by atoms with Gasteiger partial charge in [0, 0.05) is 6.61 Å². The van der Waals surface area contributed by atoms with Crippen molar-refractivity contribution in [1.29, 1.82) is 0 Å². The van der Waals surface area contributed by atoms with Gasteiger partial charge in [0.15, 0.2) is 5.78 Å². The first-order valence-electron chi connectivity index (χ1n) is 4.80. The van der Waals surface area contributed by atoms with Crippen molar-refractivity contribution >= 4 is 5.78 Å². The van der Waals surface area contributed by atoms with Crippen molar-refractivity contribution in [1.82, 2.24) is 0 Å². The summed E-state index contributed by atoms with van der Waals surface area (Å²) in [6.07, 6.45) is 0. The molecule has 0 heterocycles. The summed E-state index contributed by atoms with van der Waals surface area (Å²) in [4.78, 5) is 11.6. The van der Waals surface area contributed by atoms with Crippen molar-refractivity contribution in [2.45, 2.75) is 13.5 Å². The number of hydrogen-bond donors (Lipinski definition) is 0. The van der Waals surface area contributed by atoms with Crippen LogP contribution in [0, 0.1) is 0 Å². The first-order chi connectivity index (χ1) is 7.65. The molecular formula is C11H12F2O3. The third kappa shape index (κ3) is 3.58. The van der Waals surface area contributed by atoms with E-state index in [-0.39, 0.29) is 23.7 Å². The summed E-state index contributed by atoms with van der Waals surface area (Å²) in [6, 6.07) is 5.86. The van der Waals surface area contributed by atoms with E-state index in [1.54, 1.807) is 13.0 Å². The SMILES string of the molecule is CCOCC(=O)c1ccccc1OC(F)F. The Morgan fingerprint density at radius 3 is 2.69 bits per heavy atom. The fraction of sp³-hybridized carbons (Fsp3) is 0.364. The van der Waals surface area contributed by atoms with Crippen LogP contribution in [-0.4, -0.2) is 25.6 Å². The molecule has 0 aromatic heterocycles. The minimum atomic E-state index is -2.94. The number of rotatable bonds is 6. The zero-order valence-corrected chi connectivity index (χ0v) is 8.78. The van der Waals surface area contributed by atoms with Gasteiger partial charge in [-0.15, -0.1) is 0 Å². The fourth-order valence-electron chi connectivity index (χ4n) is 1.17. The molecule has 1 aromatic carbocycles. The van der Waals surface area contributed by atoms with Crippen molar-refractivity contribution in [2.24, 2.45) is 0 Å². The van der Waals surface area contributed by atoms with E-state index in [1.807, 2.05) is 0 Å². The predicted octanol–water partition coefficient (Wildman–Crippen LogP) is 2.51. The smallest absolute Gasteiger partial charge is 0.387 e. The highest BCUT2D eigenvalue weighted by atomic mass is 19.3. The lowest BCUT2D eigenvalue weighted by molar-refractivity contribution is -0.0502. The molecule has 0 aliphatic rings. The average Bonchev–Trinajstić information content (AvgIpc) is 2.26. The molecule has 0 atom stereocenters. The quantitative estimate of drug-likeness (QED) is 0.704. The Bertz CT molecular complexity index is 353. The lowest BCUT2D eigenvalue weighted by Gasteiger charge is -2.09. The summed E-state index contributed by atoms with van der Waals surface area (Å²) in [5, 5.41) is 0. The number of ketones is 1. The van der Waals surface area contributed by atoms with Gasteiger partial charge in [-0.05, 0) is 19.1 Å². The van der Waals surface area contributed by atoms with Crippen LogP contribution in [0.25, 0.3) is 0 Å². The number of para-hydroxylation sites is 1. The minimum absolute atomic E-state index is 0.108. The normalized spacial score (nSPS) is 10.5. The lowest BCUT2D eigenvalue weighted by atomic mass is 10.1. The second-order valence-corrected chi connectivity index (χ2v) is 2.93. The molecule has 0 aliphatic heterocycles. The number of alkyl halides is 2. The monoisotopic (exact) mass is 230 g/mol. The average molecular weight is 230 g/mol. The van der Waals surface area contributed by atoms with E-state index in [0.717, 1.165) is 0 Å². The van der Waals surface area contributed by atoms with E-state index in [1.165, 1.54) is 18.2 Å². The highest BCUT2D eigenvalue weighted by molar-refractivity contribution is 5.99. The van der Waals surface area contributed by atoms with Crippen LogP contribution in [-0.2, 0) is 4.74 Å². The second-order valence-electron chi connectivity index (χ2n) is 2.93. The number of halogens is 2. The highest BCUT2D eigenvalue weighted by Crippen LogP contribution is 2.20. The number of Topliss-reactive ketones (excluding diaryl/α,β-unsaturated/α-hetero) is 1. The molecule has 0 radical (unpaired) electrons. The van der Waals surface area contributed by atoms with Gasteiger partial charge in [0.25, 0.3) is 0 Å². The zero-order valence-electron chi connectivity index (χ0n) is 8.78. The van der Waals surface area contributed by atoms with Gasteiger partial charge in [0.2, 0.25) is 0 Å². The highest BCUT2D eigenvalue weighted by Gasteiger charge is 2.14. The number of hydrogen-bond acceptors (Lipinski definition) is 3. The van der Waals surface area contributed by atoms with Gasteiger partial charge in [-0.2, -0.15) is 8.78 Å². The Morgan fingerprint density at radius 2 is 2.06 bits per heavy atom. The van der Waals surface area contributed by atoms with Crippen LogP contribution in [0.3, 0.4) is 0 Å². The van der Waals surface area contributed by atoms with Gasteiger partial charge in [-0.25, -0.2) is 0 Å². The van der Waals surface area contributed by atoms with E-state index in [9.17, 15) is 13.6 Å². The standard InChI is InChI=1S/C11H12F2O3/c1-2-15-7-9(14)8-5-3-4-6-10(8)16-11(12)13/h3-6,11H,2,7H2,1H3. The molecule has 0 fully saturated rings. The molecule has 0 bridgehead atoms. The van der Waals surface area contributed by atoms with E-state index in [0.29, 0.717) is 6.61 Å². The maximum Gasteiger partial charge on any atom is 0.387 e.